The summed E-state index contributed by atoms with van der Waals surface area (Å²) in [6, 6.07) is 19.6. The minimum atomic E-state index is -4.82. The van der Waals surface area contributed by atoms with Gasteiger partial charge in [-0.1, -0.05) is 48.0 Å². The predicted molar refractivity (Wildman–Crippen MR) is 118 cm³/mol. The molecule has 1 aliphatic heterocycles. The lowest BCUT2D eigenvalue weighted by Crippen LogP contribution is -2.49. The second kappa shape index (κ2) is 8.22. The molecule has 0 radical (unpaired) electrons. The van der Waals surface area contributed by atoms with Crippen molar-refractivity contribution < 1.29 is 22.6 Å². The molecule has 1 N–H and O–H groups in total. The lowest BCUT2D eigenvalue weighted by atomic mass is 9.99. The van der Waals surface area contributed by atoms with Gasteiger partial charge in [-0.2, -0.15) is 13.2 Å². The van der Waals surface area contributed by atoms with Gasteiger partial charge >= 0.3 is 11.9 Å². The second-order valence-electron chi connectivity index (χ2n) is 7.89. The molecule has 32 heavy (non-hydrogen) atoms. The largest absolute Gasteiger partial charge is 0.491 e. The number of halogens is 3. The van der Waals surface area contributed by atoms with Gasteiger partial charge in [-0.25, -0.2) is 4.99 Å². The van der Waals surface area contributed by atoms with Gasteiger partial charge in [0.25, 0.3) is 0 Å². The Morgan fingerprint density at radius 1 is 0.969 bits per heavy atom. The molecule has 1 aliphatic rings. The Hall–Kier alpha value is -3.48. The van der Waals surface area contributed by atoms with E-state index in [0.717, 1.165) is 5.56 Å². The van der Waals surface area contributed by atoms with Crippen molar-refractivity contribution in [3.8, 4) is 11.5 Å². The van der Waals surface area contributed by atoms with Gasteiger partial charge in [-0.05, 0) is 45.0 Å². The molecule has 3 aromatic carbocycles. The molecule has 166 valence electrons. The Balaban J connectivity index is 1.89. The highest BCUT2D eigenvalue weighted by Gasteiger charge is 2.61. The number of alkyl halides is 3. The maximum atomic E-state index is 14.6. The number of amidine groups is 1. The monoisotopic (exact) mass is 440 g/mol. The number of hydrogen-bond donors (Lipinski definition) is 1. The smallest absolute Gasteiger partial charge is 0.455 e. The van der Waals surface area contributed by atoms with Gasteiger partial charge in [-0.15, -0.1) is 0 Å². The SMILES string of the molecule is Cc1ccc(NC2=NC(c3ccccc3)(C(F)(F)F)Oc3cc(OC(C)C)ccc32)cc1. The number of benzene rings is 3. The van der Waals surface area contributed by atoms with Gasteiger partial charge in [-0.3, -0.25) is 0 Å². The van der Waals surface area contributed by atoms with Crippen LogP contribution in [0.2, 0.25) is 0 Å². The molecular weight excluding hydrogens is 417 g/mol. The Morgan fingerprint density at radius 3 is 2.28 bits per heavy atom. The minimum Gasteiger partial charge on any atom is -0.491 e. The average molecular weight is 440 g/mol. The van der Waals surface area contributed by atoms with E-state index in [1.54, 1.807) is 30.3 Å². The molecule has 1 unspecified atom stereocenters. The molecule has 4 nitrogen and oxygen atoms in total. The first-order chi connectivity index (χ1) is 15.2. The van der Waals surface area contributed by atoms with Crippen molar-refractivity contribution in [3.05, 3.63) is 89.5 Å². The van der Waals surface area contributed by atoms with Gasteiger partial charge in [0.15, 0.2) is 0 Å². The quantitative estimate of drug-likeness (QED) is 0.507. The average Bonchev–Trinajstić information content (AvgIpc) is 2.74. The first-order valence-corrected chi connectivity index (χ1v) is 10.2. The first kappa shape index (κ1) is 21.7. The number of rotatable bonds is 4. The zero-order valence-corrected chi connectivity index (χ0v) is 17.9. The Bertz CT molecular complexity index is 1130. The molecule has 0 aliphatic carbocycles. The first-order valence-electron chi connectivity index (χ1n) is 10.2. The zero-order valence-electron chi connectivity index (χ0n) is 17.9. The summed E-state index contributed by atoms with van der Waals surface area (Å²) >= 11 is 0. The van der Waals surface area contributed by atoms with E-state index in [0.29, 0.717) is 17.0 Å². The summed E-state index contributed by atoms with van der Waals surface area (Å²) in [6.07, 6.45) is -4.96. The molecule has 1 heterocycles. The highest BCUT2D eigenvalue weighted by atomic mass is 19.4. The summed E-state index contributed by atoms with van der Waals surface area (Å²) < 4.78 is 55.0. The number of fused-ring (bicyclic) bond motifs is 1. The summed E-state index contributed by atoms with van der Waals surface area (Å²) in [5.41, 5.74) is -0.942. The standard InChI is InChI=1S/C25H23F3N2O2/c1-16(2)31-20-13-14-21-22(15-20)32-24(25(26,27)28,18-7-5-4-6-8-18)30-23(21)29-19-11-9-17(3)10-12-19/h4-16H,1-3H3,(H,29,30). The van der Waals surface area contributed by atoms with E-state index in [2.05, 4.69) is 10.3 Å². The minimum absolute atomic E-state index is 0.0361. The lowest BCUT2D eigenvalue weighted by Gasteiger charge is -2.37. The highest BCUT2D eigenvalue weighted by Crippen LogP contribution is 2.48. The van der Waals surface area contributed by atoms with Crippen LogP contribution >= 0.6 is 0 Å². The maximum absolute atomic E-state index is 14.6. The summed E-state index contributed by atoms with van der Waals surface area (Å²) in [4.78, 5) is 4.12. The van der Waals surface area contributed by atoms with Crippen molar-refractivity contribution in [2.75, 3.05) is 5.32 Å². The molecule has 7 heteroatoms. The van der Waals surface area contributed by atoms with Crippen molar-refractivity contribution in [3.63, 3.8) is 0 Å². The number of hydrogen-bond acceptors (Lipinski definition) is 4. The molecule has 0 bridgehead atoms. The van der Waals surface area contributed by atoms with Crippen molar-refractivity contribution in [1.29, 1.82) is 0 Å². The highest BCUT2D eigenvalue weighted by molar-refractivity contribution is 6.11. The zero-order chi connectivity index (χ0) is 22.9. The van der Waals surface area contributed by atoms with Crippen LogP contribution in [0.4, 0.5) is 18.9 Å². The molecule has 0 aromatic heterocycles. The predicted octanol–water partition coefficient (Wildman–Crippen LogP) is 6.45. The third-order valence-corrected chi connectivity index (χ3v) is 4.97. The van der Waals surface area contributed by atoms with Crippen LogP contribution < -0.4 is 14.8 Å². The van der Waals surface area contributed by atoms with E-state index >= 15 is 0 Å². The van der Waals surface area contributed by atoms with Crippen LogP contribution in [0.5, 0.6) is 11.5 Å². The van der Waals surface area contributed by atoms with Crippen LogP contribution in [-0.2, 0) is 5.72 Å². The molecule has 3 aromatic rings. The normalized spacial score (nSPS) is 17.9. The number of anilines is 1. The summed E-state index contributed by atoms with van der Waals surface area (Å²) in [6.45, 7) is 5.62. The number of aliphatic imine (C=N–C) groups is 1. The summed E-state index contributed by atoms with van der Waals surface area (Å²) in [5, 5.41) is 3.05. The molecule has 0 fully saturated rings. The van der Waals surface area contributed by atoms with Crippen molar-refractivity contribution in [1.82, 2.24) is 0 Å². The van der Waals surface area contributed by atoms with Crippen LogP contribution in [0.1, 0.15) is 30.5 Å². The van der Waals surface area contributed by atoms with E-state index in [9.17, 15) is 13.2 Å². The fourth-order valence-corrected chi connectivity index (χ4v) is 3.47. The van der Waals surface area contributed by atoms with Crippen LogP contribution in [0.3, 0.4) is 0 Å². The van der Waals surface area contributed by atoms with Gasteiger partial charge in [0.2, 0.25) is 0 Å². The number of aryl methyl sites for hydroxylation is 1. The molecule has 0 saturated heterocycles. The van der Waals surface area contributed by atoms with Crippen LogP contribution in [0.25, 0.3) is 0 Å². The maximum Gasteiger partial charge on any atom is 0.455 e. The molecule has 0 spiro atoms. The number of nitrogens with one attached hydrogen (secondary N) is 1. The fraction of sp³-hybridized carbons (Fsp3) is 0.240. The third kappa shape index (κ3) is 4.15. The summed E-state index contributed by atoms with van der Waals surface area (Å²) in [5.74, 6) is 0.515. The van der Waals surface area contributed by atoms with Crippen LogP contribution in [0.15, 0.2) is 77.8 Å². The molecule has 4 rings (SSSR count). The van der Waals surface area contributed by atoms with E-state index in [-0.39, 0.29) is 23.3 Å². The number of nitrogens with zero attached hydrogens (tertiary/aromatic N) is 1. The summed E-state index contributed by atoms with van der Waals surface area (Å²) in [7, 11) is 0. The second-order valence-corrected chi connectivity index (χ2v) is 7.89. The Morgan fingerprint density at radius 2 is 1.66 bits per heavy atom. The molecule has 0 saturated carbocycles. The van der Waals surface area contributed by atoms with E-state index in [4.69, 9.17) is 9.47 Å². The van der Waals surface area contributed by atoms with Crippen molar-refractivity contribution >= 4 is 11.5 Å². The van der Waals surface area contributed by atoms with Gasteiger partial charge in [0.05, 0.1) is 11.7 Å². The molecular formula is C25H23F3N2O2. The Labute approximate surface area is 184 Å². The molecule has 0 amide bonds. The van der Waals surface area contributed by atoms with Crippen molar-refractivity contribution in [2.24, 2.45) is 4.99 Å². The van der Waals surface area contributed by atoms with Gasteiger partial charge in [0.1, 0.15) is 17.3 Å². The van der Waals surface area contributed by atoms with E-state index in [1.807, 2.05) is 32.9 Å². The Kier molecular flexibility index (Phi) is 5.59. The van der Waals surface area contributed by atoms with Crippen LogP contribution in [-0.4, -0.2) is 18.1 Å². The van der Waals surface area contributed by atoms with Gasteiger partial charge < -0.3 is 14.8 Å². The van der Waals surface area contributed by atoms with E-state index in [1.165, 1.54) is 30.3 Å². The fourth-order valence-electron chi connectivity index (χ4n) is 3.47. The van der Waals surface area contributed by atoms with Crippen molar-refractivity contribution in [2.45, 2.75) is 38.8 Å². The number of ether oxygens (including phenoxy) is 2. The van der Waals surface area contributed by atoms with Crippen LogP contribution in [0, 0.1) is 6.92 Å². The molecule has 1 atom stereocenters. The topological polar surface area (TPSA) is 42.9 Å². The van der Waals surface area contributed by atoms with E-state index < -0.39 is 11.9 Å². The third-order valence-electron chi connectivity index (χ3n) is 4.97. The van der Waals surface area contributed by atoms with Gasteiger partial charge in [0, 0.05) is 17.3 Å². The lowest BCUT2D eigenvalue weighted by molar-refractivity contribution is -0.252.